The molecule has 0 fully saturated rings. The number of anilines is 1. The molecule has 0 amide bonds. The van der Waals surface area contributed by atoms with Crippen LogP contribution in [-0.4, -0.2) is 29.9 Å². The molecule has 2 aromatic rings. The fourth-order valence-corrected chi connectivity index (χ4v) is 1.94. The first kappa shape index (κ1) is 12.4. The van der Waals surface area contributed by atoms with Gasteiger partial charge in [0.1, 0.15) is 11.5 Å². The first-order chi connectivity index (χ1) is 8.35. The Morgan fingerprint density at radius 3 is 2.78 bits per heavy atom. The van der Waals surface area contributed by atoms with E-state index in [0.717, 1.165) is 6.26 Å². The summed E-state index contributed by atoms with van der Waals surface area (Å²) in [5, 5.41) is 12.8. The Bertz CT molecular complexity index is 678. The van der Waals surface area contributed by atoms with E-state index in [4.69, 9.17) is 10.3 Å². The van der Waals surface area contributed by atoms with Gasteiger partial charge in [-0.2, -0.15) is 4.98 Å². The minimum Gasteiger partial charge on any atom is -0.506 e. The fraction of sp³-hybridized carbons (Fsp3) is 0.200. The van der Waals surface area contributed by atoms with Crippen molar-refractivity contribution in [3.63, 3.8) is 0 Å². The van der Waals surface area contributed by atoms with Gasteiger partial charge < -0.3 is 15.4 Å². The van der Waals surface area contributed by atoms with Crippen LogP contribution in [0.5, 0.6) is 5.75 Å². The lowest BCUT2D eigenvalue weighted by Gasteiger charge is -1.99. The Morgan fingerprint density at radius 2 is 2.17 bits per heavy atom. The molecule has 0 spiro atoms. The van der Waals surface area contributed by atoms with Crippen molar-refractivity contribution in [2.24, 2.45) is 0 Å². The number of hydrogen-bond donors (Lipinski definition) is 2. The minimum absolute atomic E-state index is 0.0466. The van der Waals surface area contributed by atoms with E-state index >= 15 is 0 Å². The molecular weight excluding hydrogens is 258 g/mol. The summed E-state index contributed by atoms with van der Waals surface area (Å²) >= 11 is 0. The molecule has 18 heavy (non-hydrogen) atoms. The number of aromatic hydroxyl groups is 1. The normalized spacial score (nSPS) is 11.6. The van der Waals surface area contributed by atoms with Gasteiger partial charge in [-0.15, -0.1) is 0 Å². The van der Waals surface area contributed by atoms with Crippen LogP contribution in [0.1, 0.15) is 5.82 Å². The first-order valence-electron chi connectivity index (χ1n) is 4.94. The van der Waals surface area contributed by atoms with Crippen LogP contribution in [0.25, 0.3) is 11.5 Å². The zero-order chi connectivity index (χ0) is 13.3. The molecule has 2 rings (SSSR count). The molecule has 0 atom stereocenters. The number of phenolic OH excluding ortho intramolecular Hbond substituents is 1. The fourth-order valence-electron chi connectivity index (χ4n) is 1.35. The molecule has 0 saturated heterocycles. The number of sulfone groups is 1. The molecule has 0 saturated carbocycles. The number of nitrogen functional groups attached to an aromatic ring is 1. The molecular formula is C10H11N3O4S. The van der Waals surface area contributed by atoms with Crippen LogP contribution in [0, 0.1) is 0 Å². The molecule has 1 aromatic carbocycles. The summed E-state index contributed by atoms with van der Waals surface area (Å²) in [4.78, 5) is 3.94. The summed E-state index contributed by atoms with van der Waals surface area (Å²) in [6, 6.07) is 4.40. The second kappa shape index (κ2) is 4.30. The zero-order valence-corrected chi connectivity index (χ0v) is 10.3. The van der Waals surface area contributed by atoms with E-state index in [1.807, 2.05) is 0 Å². The first-order valence-corrected chi connectivity index (χ1v) is 7.00. The molecule has 3 N–H and O–H groups in total. The molecule has 96 valence electrons. The van der Waals surface area contributed by atoms with Crippen molar-refractivity contribution in [2.75, 3.05) is 12.0 Å². The predicted molar refractivity (Wildman–Crippen MR) is 64.4 cm³/mol. The van der Waals surface area contributed by atoms with E-state index < -0.39 is 9.84 Å². The average Bonchev–Trinajstić information content (AvgIpc) is 2.68. The number of nitrogens with zero attached hydrogens (tertiary/aromatic N) is 2. The van der Waals surface area contributed by atoms with E-state index in [1.165, 1.54) is 12.1 Å². The standard InChI is InChI=1S/C10H11N3O4S/c1-18(15,16)5-9-12-10(17-13-9)6-2-3-8(14)7(11)4-6/h2-4,14H,5,11H2,1H3. The Balaban J connectivity index is 2.32. The van der Waals surface area contributed by atoms with Gasteiger partial charge in [0.2, 0.25) is 0 Å². The molecule has 7 nitrogen and oxygen atoms in total. The molecule has 1 aromatic heterocycles. The van der Waals surface area contributed by atoms with Crippen molar-refractivity contribution >= 4 is 15.5 Å². The number of aromatic nitrogens is 2. The van der Waals surface area contributed by atoms with Crippen LogP contribution in [0.2, 0.25) is 0 Å². The topological polar surface area (TPSA) is 119 Å². The molecule has 8 heteroatoms. The summed E-state index contributed by atoms with van der Waals surface area (Å²) < 4.78 is 27.1. The van der Waals surface area contributed by atoms with E-state index in [-0.39, 0.29) is 28.9 Å². The monoisotopic (exact) mass is 269 g/mol. The van der Waals surface area contributed by atoms with Crippen molar-refractivity contribution in [3.05, 3.63) is 24.0 Å². The second-order valence-corrected chi connectivity index (χ2v) is 6.00. The average molecular weight is 269 g/mol. The van der Waals surface area contributed by atoms with Gasteiger partial charge >= 0.3 is 0 Å². The third-order valence-corrected chi connectivity index (χ3v) is 2.92. The molecule has 0 bridgehead atoms. The highest BCUT2D eigenvalue weighted by atomic mass is 32.2. The summed E-state index contributed by atoms with van der Waals surface area (Å²) in [5.74, 6) is -0.0986. The van der Waals surface area contributed by atoms with Crippen molar-refractivity contribution in [3.8, 4) is 17.2 Å². The largest absolute Gasteiger partial charge is 0.506 e. The highest BCUT2D eigenvalue weighted by molar-refractivity contribution is 7.89. The van der Waals surface area contributed by atoms with Gasteiger partial charge in [-0.05, 0) is 18.2 Å². The molecule has 0 aliphatic rings. The highest BCUT2D eigenvalue weighted by Gasteiger charge is 2.14. The van der Waals surface area contributed by atoms with Crippen molar-refractivity contribution in [1.29, 1.82) is 0 Å². The van der Waals surface area contributed by atoms with Gasteiger partial charge in [-0.25, -0.2) is 8.42 Å². The van der Waals surface area contributed by atoms with Crippen molar-refractivity contribution in [1.82, 2.24) is 10.1 Å². The van der Waals surface area contributed by atoms with Gasteiger partial charge in [0.15, 0.2) is 15.7 Å². The summed E-state index contributed by atoms with van der Waals surface area (Å²) in [5.41, 5.74) is 6.22. The number of rotatable bonds is 3. The summed E-state index contributed by atoms with van der Waals surface area (Å²) in [7, 11) is -3.21. The molecule has 1 heterocycles. The third kappa shape index (κ3) is 2.77. The lowest BCUT2D eigenvalue weighted by molar-refractivity contribution is 0.424. The van der Waals surface area contributed by atoms with E-state index in [2.05, 4.69) is 10.1 Å². The van der Waals surface area contributed by atoms with Crippen LogP contribution in [0.15, 0.2) is 22.7 Å². The van der Waals surface area contributed by atoms with Gasteiger partial charge in [0.25, 0.3) is 5.89 Å². The number of nitrogens with two attached hydrogens (primary N) is 1. The lowest BCUT2D eigenvalue weighted by Crippen LogP contribution is -2.02. The zero-order valence-electron chi connectivity index (χ0n) is 9.49. The Labute approximate surface area is 103 Å². The predicted octanol–water partition coefficient (Wildman–Crippen LogP) is 0.569. The van der Waals surface area contributed by atoms with Crippen LogP contribution in [0.4, 0.5) is 5.69 Å². The molecule has 0 aliphatic carbocycles. The van der Waals surface area contributed by atoms with Gasteiger partial charge in [0, 0.05) is 11.8 Å². The second-order valence-electron chi connectivity index (χ2n) is 3.86. The molecule has 0 unspecified atom stereocenters. The van der Waals surface area contributed by atoms with Crippen LogP contribution < -0.4 is 5.73 Å². The van der Waals surface area contributed by atoms with E-state index in [9.17, 15) is 13.5 Å². The number of phenols is 1. The Morgan fingerprint density at radius 1 is 1.44 bits per heavy atom. The highest BCUT2D eigenvalue weighted by Crippen LogP contribution is 2.26. The number of hydrogen-bond acceptors (Lipinski definition) is 7. The lowest BCUT2D eigenvalue weighted by atomic mass is 10.2. The van der Waals surface area contributed by atoms with Gasteiger partial charge in [-0.3, -0.25) is 0 Å². The smallest absolute Gasteiger partial charge is 0.258 e. The maximum Gasteiger partial charge on any atom is 0.258 e. The van der Waals surface area contributed by atoms with Crippen molar-refractivity contribution in [2.45, 2.75) is 5.75 Å². The van der Waals surface area contributed by atoms with Crippen LogP contribution in [0.3, 0.4) is 0 Å². The van der Waals surface area contributed by atoms with Gasteiger partial charge in [0.05, 0.1) is 5.69 Å². The molecule has 0 radical (unpaired) electrons. The SMILES string of the molecule is CS(=O)(=O)Cc1noc(-c2ccc(O)c(N)c2)n1. The maximum absolute atomic E-state index is 11.1. The Kier molecular flexibility index (Phi) is 2.95. The third-order valence-electron chi connectivity index (χ3n) is 2.13. The van der Waals surface area contributed by atoms with Crippen molar-refractivity contribution < 1.29 is 18.0 Å². The quantitative estimate of drug-likeness (QED) is 0.617. The summed E-state index contributed by atoms with van der Waals surface area (Å²) in [6.45, 7) is 0. The van der Waals surface area contributed by atoms with E-state index in [1.54, 1.807) is 6.07 Å². The Hall–Kier alpha value is -2.09. The van der Waals surface area contributed by atoms with Gasteiger partial charge in [-0.1, -0.05) is 5.16 Å². The summed E-state index contributed by atoms with van der Waals surface area (Å²) in [6.07, 6.45) is 1.08. The maximum atomic E-state index is 11.1. The minimum atomic E-state index is -3.21. The van der Waals surface area contributed by atoms with Crippen LogP contribution >= 0.6 is 0 Å². The van der Waals surface area contributed by atoms with Crippen LogP contribution in [-0.2, 0) is 15.6 Å². The van der Waals surface area contributed by atoms with E-state index in [0.29, 0.717) is 5.56 Å². The molecule has 0 aliphatic heterocycles. The number of benzene rings is 1.